The molecule has 3 aromatic rings. The first-order valence-electron chi connectivity index (χ1n) is 8.90. The molecule has 3 rings (SSSR count). The predicted molar refractivity (Wildman–Crippen MR) is 108 cm³/mol. The molecule has 0 saturated heterocycles. The van der Waals surface area contributed by atoms with Gasteiger partial charge >= 0.3 is 5.69 Å². The molecule has 0 aliphatic rings. The van der Waals surface area contributed by atoms with Gasteiger partial charge in [-0.1, -0.05) is 12.1 Å². The van der Waals surface area contributed by atoms with E-state index in [1.165, 1.54) is 48.9 Å². The maximum absolute atomic E-state index is 13.0. The van der Waals surface area contributed by atoms with Gasteiger partial charge in [-0.25, -0.2) is 4.39 Å². The van der Waals surface area contributed by atoms with Crippen molar-refractivity contribution >= 4 is 28.9 Å². The quantitative estimate of drug-likeness (QED) is 0.476. The van der Waals surface area contributed by atoms with E-state index in [0.717, 1.165) is 0 Å². The van der Waals surface area contributed by atoms with Gasteiger partial charge in [-0.2, -0.15) is 5.10 Å². The summed E-state index contributed by atoms with van der Waals surface area (Å²) >= 11 is 0. The summed E-state index contributed by atoms with van der Waals surface area (Å²) in [6.07, 6.45) is 0. The highest BCUT2D eigenvalue weighted by Gasteiger charge is 2.23. The number of aryl methyl sites for hydroxylation is 1. The van der Waals surface area contributed by atoms with Crippen molar-refractivity contribution in [1.29, 1.82) is 0 Å². The van der Waals surface area contributed by atoms with Crippen molar-refractivity contribution < 1.29 is 18.9 Å². The highest BCUT2D eigenvalue weighted by Crippen LogP contribution is 2.22. The number of amides is 2. The Balaban J connectivity index is 1.75. The summed E-state index contributed by atoms with van der Waals surface area (Å²) in [6.45, 7) is 2.75. The van der Waals surface area contributed by atoms with Crippen LogP contribution in [-0.2, 0) is 11.3 Å². The monoisotopic (exact) mass is 411 g/mol. The number of halogens is 1. The Kier molecular flexibility index (Phi) is 5.86. The number of rotatable bonds is 6. The number of nitrogens with one attached hydrogen (secondary N) is 2. The molecule has 0 aliphatic heterocycles. The number of nitro groups is 1. The third kappa shape index (κ3) is 4.49. The van der Waals surface area contributed by atoms with Crippen LogP contribution in [0.5, 0.6) is 0 Å². The molecule has 0 atom stereocenters. The standard InChI is InChI=1S/C20H18FN5O4/c1-12-19(26(29)30)13(2)25(24-12)11-18(27)23-17-6-4-3-5-16(17)20(28)22-15-9-7-14(21)8-10-15/h3-10H,11H2,1-2H3,(H,22,28)(H,23,27). The zero-order valence-electron chi connectivity index (χ0n) is 16.2. The van der Waals surface area contributed by atoms with E-state index in [4.69, 9.17) is 0 Å². The Labute approximate surface area is 170 Å². The summed E-state index contributed by atoms with van der Waals surface area (Å²) in [5.41, 5.74) is 1.20. The second-order valence-electron chi connectivity index (χ2n) is 6.49. The molecule has 0 saturated carbocycles. The van der Waals surface area contributed by atoms with Gasteiger partial charge in [0.1, 0.15) is 23.7 Å². The van der Waals surface area contributed by atoms with Gasteiger partial charge in [0.05, 0.1) is 16.2 Å². The highest BCUT2D eigenvalue weighted by atomic mass is 19.1. The van der Waals surface area contributed by atoms with Crippen molar-refractivity contribution in [2.75, 3.05) is 10.6 Å². The van der Waals surface area contributed by atoms with E-state index in [1.54, 1.807) is 18.2 Å². The summed E-state index contributed by atoms with van der Waals surface area (Å²) in [5.74, 6) is -1.41. The minimum Gasteiger partial charge on any atom is -0.324 e. The summed E-state index contributed by atoms with van der Waals surface area (Å²) in [7, 11) is 0. The molecule has 1 heterocycles. The molecule has 2 N–H and O–H groups in total. The van der Waals surface area contributed by atoms with Crippen LogP contribution >= 0.6 is 0 Å². The van der Waals surface area contributed by atoms with E-state index < -0.39 is 22.6 Å². The maximum Gasteiger partial charge on any atom is 0.312 e. The second-order valence-corrected chi connectivity index (χ2v) is 6.49. The molecule has 10 heteroatoms. The van der Waals surface area contributed by atoms with Crippen molar-refractivity contribution in [3.8, 4) is 0 Å². The van der Waals surface area contributed by atoms with E-state index in [1.807, 2.05) is 0 Å². The lowest BCUT2D eigenvalue weighted by molar-refractivity contribution is -0.386. The number of aromatic nitrogens is 2. The van der Waals surface area contributed by atoms with Crippen LogP contribution in [0.3, 0.4) is 0 Å². The Morgan fingerprint density at radius 1 is 1.10 bits per heavy atom. The second kappa shape index (κ2) is 8.52. The molecule has 0 unspecified atom stereocenters. The third-order valence-electron chi connectivity index (χ3n) is 4.37. The third-order valence-corrected chi connectivity index (χ3v) is 4.37. The Bertz CT molecular complexity index is 1120. The topological polar surface area (TPSA) is 119 Å². The van der Waals surface area contributed by atoms with Crippen LogP contribution in [0.25, 0.3) is 0 Å². The number of hydrogen-bond donors (Lipinski definition) is 2. The Hall–Kier alpha value is -4.08. The number of carbonyl (C=O) groups is 2. The van der Waals surface area contributed by atoms with Crippen LogP contribution in [0.1, 0.15) is 21.7 Å². The van der Waals surface area contributed by atoms with Gasteiger partial charge in [-0.15, -0.1) is 0 Å². The molecule has 0 bridgehead atoms. The molecule has 0 spiro atoms. The van der Waals surface area contributed by atoms with E-state index in [9.17, 15) is 24.1 Å². The Morgan fingerprint density at radius 2 is 1.77 bits per heavy atom. The summed E-state index contributed by atoms with van der Waals surface area (Å²) in [5, 5.41) is 20.4. The predicted octanol–water partition coefficient (Wildman–Crippen LogP) is 3.44. The summed E-state index contributed by atoms with van der Waals surface area (Å²) < 4.78 is 14.3. The van der Waals surface area contributed by atoms with Crippen LogP contribution in [0.15, 0.2) is 48.5 Å². The van der Waals surface area contributed by atoms with Crippen LogP contribution in [-0.4, -0.2) is 26.5 Å². The van der Waals surface area contributed by atoms with Gasteiger partial charge in [-0.3, -0.25) is 24.4 Å². The number of carbonyl (C=O) groups excluding carboxylic acids is 2. The fourth-order valence-electron chi connectivity index (χ4n) is 2.95. The minimum absolute atomic E-state index is 0.137. The van der Waals surface area contributed by atoms with Gasteiger partial charge < -0.3 is 10.6 Å². The first-order chi connectivity index (χ1) is 14.3. The van der Waals surface area contributed by atoms with Gasteiger partial charge in [0.2, 0.25) is 5.91 Å². The lowest BCUT2D eigenvalue weighted by Crippen LogP contribution is -2.22. The largest absolute Gasteiger partial charge is 0.324 e. The normalized spacial score (nSPS) is 10.5. The molecule has 154 valence electrons. The summed E-state index contributed by atoms with van der Waals surface area (Å²) in [6, 6.07) is 11.7. The van der Waals surface area contributed by atoms with Gasteiger partial charge in [0.15, 0.2) is 0 Å². The fraction of sp³-hybridized carbons (Fsp3) is 0.150. The zero-order valence-corrected chi connectivity index (χ0v) is 16.2. The SMILES string of the molecule is Cc1nn(CC(=O)Nc2ccccc2C(=O)Nc2ccc(F)cc2)c(C)c1[N+](=O)[O-]. The number of anilines is 2. The zero-order chi connectivity index (χ0) is 21.8. The van der Waals surface area contributed by atoms with Gasteiger partial charge in [0, 0.05) is 5.69 Å². The first-order valence-corrected chi connectivity index (χ1v) is 8.90. The van der Waals surface area contributed by atoms with E-state index in [2.05, 4.69) is 15.7 Å². The van der Waals surface area contributed by atoms with Crippen molar-refractivity contribution in [3.63, 3.8) is 0 Å². The molecule has 9 nitrogen and oxygen atoms in total. The minimum atomic E-state index is -0.541. The number of para-hydroxylation sites is 1. The van der Waals surface area contributed by atoms with E-state index in [-0.39, 0.29) is 34.9 Å². The van der Waals surface area contributed by atoms with Crippen molar-refractivity contribution in [2.45, 2.75) is 20.4 Å². The molecule has 1 aromatic heterocycles. The number of nitrogens with zero attached hydrogens (tertiary/aromatic N) is 3. The van der Waals surface area contributed by atoms with Crippen molar-refractivity contribution in [3.05, 3.63) is 81.4 Å². The summed E-state index contributed by atoms with van der Waals surface area (Å²) in [4.78, 5) is 35.6. The van der Waals surface area contributed by atoms with Crippen molar-refractivity contribution in [1.82, 2.24) is 9.78 Å². The molecule has 0 radical (unpaired) electrons. The van der Waals surface area contributed by atoms with Gasteiger partial charge in [0.25, 0.3) is 5.91 Å². The fourth-order valence-corrected chi connectivity index (χ4v) is 2.95. The lowest BCUT2D eigenvalue weighted by atomic mass is 10.1. The van der Waals surface area contributed by atoms with Gasteiger partial charge in [-0.05, 0) is 50.2 Å². The average Bonchev–Trinajstić information content (AvgIpc) is 2.97. The van der Waals surface area contributed by atoms with E-state index >= 15 is 0 Å². The number of hydrogen-bond acceptors (Lipinski definition) is 5. The number of benzene rings is 2. The van der Waals surface area contributed by atoms with Crippen LogP contribution in [0.4, 0.5) is 21.5 Å². The molecular formula is C20H18FN5O4. The lowest BCUT2D eigenvalue weighted by Gasteiger charge is -2.12. The van der Waals surface area contributed by atoms with Crippen molar-refractivity contribution in [2.24, 2.45) is 0 Å². The molecule has 0 fully saturated rings. The Morgan fingerprint density at radius 3 is 2.40 bits per heavy atom. The van der Waals surface area contributed by atoms with Crippen LogP contribution in [0, 0.1) is 29.8 Å². The molecule has 2 aromatic carbocycles. The molecule has 2 amide bonds. The van der Waals surface area contributed by atoms with Crippen LogP contribution in [0.2, 0.25) is 0 Å². The molecule has 0 aliphatic carbocycles. The highest BCUT2D eigenvalue weighted by molar-refractivity contribution is 6.10. The molecular weight excluding hydrogens is 393 g/mol. The average molecular weight is 411 g/mol. The van der Waals surface area contributed by atoms with E-state index in [0.29, 0.717) is 5.69 Å². The van der Waals surface area contributed by atoms with Crippen LogP contribution < -0.4 is 10.6 Å². The smallest absolute Gasteiger partial charge is 0.312 e. The first kappa shape index (κ1) is 20.6. The molecule has 30 heavy (non-hydrogen) atoms. The maximum atomic E-state index is 13.0.